The summed E-state index contributed by atoms with van der Waals surface area (Å²) in [5, 5.41) is 8.65. The fourth-order valence-corrected chi connectivity index (χ4v) is 1.46. The van der Waals surface area contributed by atoms with Crippen molar-refractivity contribution in [2.75, 3.05) is 0 Å². The number of rotatable bonds is 5. The lowest BCUT2D eigenvalue weighted by Crippen LogP contribution is -2.00. The van der Waals surface area contributed by atoms with Gasteiger partial charge in [0, 0.05) is 6.42 Å². The number of halogens is 1. The van der Waals surface area contributed by atoms with E-state index in [2.05, 4.69) is 13.8 Å². The predicted octanol–water partition coefficient (Wildman–Crippen LogP) is 3.38. The Kier molecular flexibility index (Phi) is 6.09. The summed E-state index contributed by atoms with van der Waals surface area (Å²) in [5.41, 5.74) is 0. The molecule has 1 heterocycles. The predicted molar refractivity (Wildman–Crippen MR) is 60.7 cm³/mol. The Morgan fingerprint density at radius 2 is 2.00 bits per heavy atom. The van der Waals surface area contributed by atoms with Gasteiger partial charge in [-0.2, -0.15) is 0 Å². The number of aromatic carboxylic acids is 1. The van der Waals surface area contributed by atoms with Crippen molar-refractivity contribution in [3.05, 3.63) is 23.7 Å². The first-order chi connectivity index (χ1) is 6.67. The van der Waals surface area contributed by atoms with Gasteiger partial charge in [0.25, 0.3) is 0 Å². The minimum atomic E-state index is -0.999. The van der Waals surface area contributed by atoms with Gasteiger partial charge in [-0.1, -0.05) is 26.7 Å². The minimum absolute atomic E-state index is 0. The SMILES string of the molecule is CCC(CC)Cc1ccc(C(=O)O)o1.Cl. The van der Waals surface area contributed by atoms with Crippen LogP contribution < -0.4 is 0 Å². The molecule has 0 aliphatic carbocycles. The molecule has 0 aliphatic rings. The van der Waals surface area contributed by atoms with Gasteiger partial charge in [0.05, 0.1) is 0 Å². The van der Waals surface area contributed by atoms with Crippen LogP contribution in [0.4, 0.5) is 0 Å². The second-order valence-corrected chi connectivity index (χ2v) is 3.46. The molecule has 4 heteroatoms. The summed E-state index contributed by atoms with van der Waals surface area (Å²) >= 11 is 0. The monoisotopic (exact) mass is 232 g/mol. The molecule has 1 aromatic heterocycles. The van der Waals surface area contributed by atoms with Crippen LogP contribution in [-0.4, -0.2) is 11.1 Å². The van der Waals surface area contributed by atoms with Gasteiger partial charge in [-0.25, -0.2) is 4.79 Å². The van der Waals surface area contributed by atoms with Crippen molar-refractivity contribution in [1.82, 2.24) is 0 Å². The van der Waals surface area contributed by atoms with E-state index in [0.717, 1.165) is 25.0 Å². The lowest BCUT2D eigenvalue weighted by molar-refractivity contribution is 0.0660. The van der Waals surface area contributed by atoms with Crippen molar-refractivity contribution in [3.8, 4) is 0 Å². The molecule has 0 bridgehead atoms. The van der Waals surface area contributed by atoms with Gasteiger partial charge in [0.15, 0.2) is 0 Å². The molecule has 0 saturated heterocycles. The van der Waals surface area contributed by atoms with Gasteiger partial charge in [-0.3, -0.25) is 0 Å². The molecule has 0 radical (unpaired) electrons. The van der Waals surface area contributed by atoms with Crippen molar-refractivity contribution in [2.45, 2.75) is 33.1 Å². The molecule has 1 aromatic rings. The number of hydrogen-bond acceptors (Lipinski definition) is 2. The number of carbonyl (C=O) groups is 1. The van der Waals surface area contributed by atoms with Crippen molar-refractivity contribution < 1.29 is 14.3 Å². The van der Waals surface area contributed by atoms with Gasteiger partial charge in [-0.15, -0.1) is 12.4 Å². The van der Waals surface area contributed by atoms with Gasteiger partial charge in [0.1, 0.15) is 5.76 Å². The molecule has 1 rings (SSSR count). The van der Waals surface area contributed by atoms with Crippen LogP contribution in [0.2, 0.25) is 0 Å². The van der Waals surface area contributed by atoms with Crippen LogP contribution in [-0.2, 0) is 6.42 Å². The first kappa shape index (κ1) is 14.0. The molecule has 0 atom stereocenters. The summed E-state index contributed by atoms with van der Waals surface area (Å²) in [6.45, 7) is 4.27. The first-order valence-electron chi connectivity index (χ1n) is 4.99. The second-order valence-electron chi connectivity index (χ2n) is 3.46. The Balaban J connectivity index is 0.00000196. The van der Waals surface area contributed by atoms with Crippen molar-refractivity contribution in [3.63, 3.8) is 0 Å². The normalized spacial score (nSPS) is 10.1. The van der Waals surface area contributed by atoms with Crippen LogP contribution in [0.3, 0.4) is 0 Å². The average molecular weight is 233 g/mol. The number of hydrogen-bond donors (Lipinski definition) is 1. The Hall–Kier alpha value is -0.960. The third-order valence-corrected chi connectivity index (χ3v) is 2.52. The molecule has 15 heavy (non-hydrogen) atoms. The zero-order valence-electron chi connectivity index (χ0n) is 9.03. The zero-order valence-corrected chi connectivity index (χ0v) is 9.84. The Morgan fingerprint density at radius 1 is 1.40 bits per heavy atom. The summed E-state index contributed by atoms with van der Waals surface area (Å²) in [7, 11) is 0. The third kappa shape index (κ3) is 3.96. The van der Waals surface area contributed by atoms with E-state index >= 15 is 0 Å². The maximum Gasteiger partial charge on any atom is 0.371 e. The molecule has 0 aliphatic heterocycles. The van der Waals surface area contributed by atoms with E-state index in [1.165, 1.54) is 6.07 Å². The Morgan fingerprint density at radius 3 is 2.40 bits per heavy atom. The maximum atomic E-state index is 10.5. The minimum Gasteiger partial charge on any atom is -0.475 e. The van der Waals surface area contributed by atoms with Crippen LogP contribution in [0.1, 0.15) is 43.0 Å². The summed E-state index contributed by atoms with van der Waals surface area (Å²) in [6, 6.07) is 3.27. The molecular weight excluding hydrogens is 216 g/mol. The molecule has 0 saturated carbocycles. The molecule has 0 aromatic carbocycles. The summed E-state index contributed by atoms with van der Waals surface area (Å²) in [4.78, 5) is 10.5. The van der Waals surface area contributed by atoms with E-state index in [0.29, 0.717) is 5.92 Å². The van der Waals surface area contributed by atoms with Crippen LogP contribution in [0.25, 0.3) is 0 Å². The lowest BCUT2D eigenvalue weighted by atomic mass is 9.98. The molecule has 1 N–H and O–H groups in total. The third-order valence-electron chi connectivity index (χ3n) is 2.52. The number of furan rings is 1. The van der Waals surface area contributed by atoms with Crippen molar-refractivity contribution in [2.24, 2.45) is 5.92 Å². The van der Waals surface area contributed by atoms with E-state index in [9.17, 15) is 4.79 Å². The molecule has 0 amide bonds. The van der Waals surface area contributed by atoms with Crippen LogP contribution in [0.5, 0.6) is 0 Å². The highest BCUT2D eigenvalue weighted by Crippen LogP contribution is 2.17. The van der Waals surface area contributed by atoms with E-state index in [1.807, 2.05) is 0 Å². The van der Waals surface area contributed by atoms with E-state index in [-0.39, 0.29) is 18.2 Å². The van der Waals surface area contributed by atoms with Crippen molar-refractivity contribution in [1.29, 1.82) is 0 Å². The smallest absolute Gasteiger partial charge is 0.371 e. The van der Waals surface area contributed by atoms with Crippen molar-refractivity contribution >= 4 is 18.4 Å². The van der Waals surface area contributed by atoms with Crippen LogP contribution in [0, 0.1) is 5.92 Å². The highest BCUT2D eigenvalue weighted by Gasteiger charge is 2.11. The highest BCUT2D eigenvalue weighted by atomic mass is 35.5. The summed E-state index contributed by atoms with van der Waals surface area (Å²) in [6.07, 6.45) is 3.03. The lowest BCUT2D eigenvalue weighted by Gasteiger charge is -2.08. The standard InChI is InChI=1S/C11H16O3.ClH/c1-3-8(4-2)7-9-5-6-10(14-9)11(12)13;/h5-6,8H,3-4,7H2,1-2H3,(H,12,13);1H. The number of carboxylic acid groups (broad SMARTS) is 1. The fraction of sp³-hybridized carbons (Fsp3) is 0.545. The summed E-state index contributed by atoms with van der Waals surface area (Å²) in [5.74, 6) is 0.394. The molecule has 3 nitrogen and oxygen atoms in total. The van der Waals surface area contributed by atoms with E-state index in [1.54, 1.807) is 6.07 Å². The average Bonchev–Trinajstić information content (AvgIpc) is 2.62. The van der Waals surface area contributed by atoms with Gasteiger partial charge in [0.2, 0.25) is 5.76 Å². The van der Waals surface area contributed by atoms with Gasteiger partial charge < -0.3 is 9.52 Å². The molecule has 86 valence electrons. The van der Waals surface area contributed by atoms with Crippen LogP contribution in [0.15, 0.2) is 16.5 Å². The fourth-order valence-electron chi connectivity index (χ4n) is 1.46. The second kappa shape index (κ2) is 6.51. The molecule has 0 unspecified atom stereocenters. The maximum absolute atomic E-state index is 10.5. The van der Waals surface area contributed by atoms with Gasteiger partial charge >= 0.3 is 5.97 Å². The first-order valence-corrected chi connectivity index (χ1v) is 4.99. The molecular formula is C11H17ClO3. The quantitative estimate of drug-likeness (QED) is 0.847. The zero-order chi connectivity index (χ0) is 10.6. The Bertz CT molecular complexity index is 303. The summed E-state index contributed by atoms with van der Waals surface area (Å²) < 4.78 is 5.18. The Labute approximate surface area is 95.9 Å². The topological polar surface area (TPSA) is 50.4 Å². The largest absolute Gasteiger partial charge is 0.475 e. The number of carboxylic acids is 1. The van der Waals surface area contributed by atoms with Gasteiger partial charge in [-0.05, 0) is 18.1 Å². The molecule has 0 fully saturated rings. The molecule has 0 spiro atoms. The van der Waals surface area contributed by atoms with E-state index < -0.39 is 5.97 Å². The highest BCUT2D eigenvalue weighted by molar-refractivity contribution is 5.85. The van der Waals surface area contributed by atoms with Crippen LogP contribution >= 0.6 is 12.4 Å². The van der Waals surface area contributed by atoms with E-state index in [4.69, 9.17) is 9.52 Å².